The molecule has 0 spiro atoms. The molecular formula is C12H13N3S2. The van der Waals surface area contributed by atoms with Gasteiger partial charge in [0.25, 0.3) is 0 Å². The normalized spacial score (nSPS) is 12.4. The third-order valence-electron chi connectivity index (χ3n) is 2.80. The Morgan fingerprint density at radius 3 is 2.88 bits per heavy atom. The van der Waals surface area contributed by atoms with Crippen molar-refractivity contribution < 1.29 is 0 Å². The Labute approximate surface area is 110 Å². The summed E-state index contributed by atoms with van der Waals surface area (Å²) >= 11 is 5.87. The van der Waals surface area contributed by atoms with E-state index < -0.39 is 0 Å². The molecule has 2 heterocycles. The van der Waals surface area contributed by atoms with Gasteiger partial charge >= 0.3 is 0 Å². The van der Waals surface area contributed by atoms with Crippen molar-refractivity contribution in [1.82, 2.24) is 9.55 Å². The number of aromatic nitrogens is 2. The summed E-state index contributed by atoms with van der Waals surface area (Å²) in [6.45, 7) is 2.15. The molecule has 0 radical (unpaired) electrons. The Hall–Kier alpha value is -1.25. The van der Waals surface area contributed by atoms with Crippen LogP contribution in [0.25, 0.3) is 0 Å². The summed E-state index contributed by atoms with van der Waals surface area (Å²) in [4.78, 5) is 4.31. The van der Waals surface area contributed by atoms with Gasteiger partial charge in [0, 0.05) is 25.1 Å². The van der Waals surface area contributed by atoms with E-state index in [0.29, 0.717) is 11.6 Å². The van der Waals surface area contributed by atoms with Gasteiger partial charge in [-0.3, -0.25) is 0 Å². The van der Waals surface area contributed by atoms with Crippen LogP contribution in [-0.4, -0.2) is 9.55 Å². The lowest BCUT2D eigenvalue weighted by atomic mass is 10.0. The molecule has 1 unspecified atom stereocenters. The molecule has 17 heavy (non-hydrogen) atoms. The summed E-state index contributed by atoms with van der Waals surface area (Å²) < 4.78 is 2.89. The maximum atomic E-state index is 8.92. The van der Waals surface area contributed by atoms with E-state index >= 15 is 0 Å². The van der Waals surface area contributed by atoms with Crippen LogP contribution < -0.4 is 0 Å². The second-order valence-corrected chi connectivity index (χ2v) is 5.91. The highest BCUT2D eigenvalue weighted by Gasteiger charge is 2.13. The molecule has 2 aromatic rings. The molecule has 0 amide bonds. The fourth-order valence-electron chi connectivity index (χ4n) is 1.90. The summed E-state index contributed by atoms with van der Waals surface area (Å²) in [5, 5.41) is 10.0. The van der Waals surface area contributed by atoms with Crippen LogP contribution >= 0.6 is 24.0 Å². The van der Waals surface area contributed by atoms with Gasteiger partial charge in [-0.2, -0.15) is 5.26 Å². The predicted octanol–water partition coefficient (Wildman–Crippen LogP) is 2.99. The second-order valence-electron chi connectivity index (χ2n) is 4.01. The minimum atomic E-state index is 0.348. The SMILES string of the molecule is CC(Cc1ncc(S)s1)c1ccc(C#N)n1C. The first-order valence-corrected chi connectivity index (χ1v) is 6.57. The van der Waals surface area contributed by atoms with E-state index in [1.807, 2.05) is 23.7 Å². The Balaban J connectivity index is 2.17. The standard InChI is InChI=1S/C12H13N3S2/c1-8(5-11-14-7-12(16)17-11)10-4-3-9(6-13)15(10)2/h3-4,7-8,16H,5H2,1-2H3. The molecule has 0 aromatic carbocycles. The van der Waals surface area contributed by atoms with Crippen LogP contribution in [0.1, 0.15) is 29.2 Å². The summed E-state index contributed by atoms with van der Waals surface area (Å²) in [5.41, 5.74) is 1.86. The fourth-order valence-corrected chi connectivity index (χ4v) is 3.06. The van der Waals surface area contributed by atoms with Crippen molar-refractivity contribution in [3.63, 3.8) is 0 Å². The molecule has 0 aliphatic rings. The van der Waals surface area contributed by atoms with Gasteiger partial charge in [0.05, 0.1) is 15.4 Å². The van der Waals surface area contributed by atoms with Crippen LogP contribution in [0.5, 0.6) is 0 Å². The van der Waals surface area contributed by atoms with Crippen LogP contribution in [0, 0.1) is 11.3 Å². The van der Waals surface area contributed by atoms with E-state index in [1.54, 1.807) is 17.5 Å². The number of nitriles is 1. The van der Waals surface area contributed by atoms with E-state index in [4.69, 9.17) is 5.26 Å². The van der Waals surface area contributed by atoms with Crippen molar-refractivity contribution in [2.75, 3.05) is 0 Å². The van der Waals surface area contributed by atoms with E-state index in [2.05, 4.69) is 30.6 Å². The lowest BCUT2D eigenvalue weighted by molar-refractivity contribution is 0.677. The van der Waals surface area contributed by atoms with Crippen LogP contribution in [-0.2, 0) is 13.5 Å². The van der Waals surface area contributed by atoms with Crippen molar-refractivity contribution >= 4 is 24.0 Å². The van der Waals surface area contributed by atoms with Crippen molar-refractivity contribution in [2.24, 2.45) is 7.05 Å². The quantitative estimate of drug-likeness (QED) is 0.865. The second kappa shape index (κ2) is 4.94. The summed E-state index contributed by atoms with van der Waals surface area (Å²) in [7, 11) is 1.93. The molecule has 0 fully saturated rings. The lowest BCUT2D eigenvalue weighted by Gasteiger charge is -2.11. The third-order valence-corrected chi connectivity index (χ3v) is 4.01. The Morgan fingerprint density at radius 2 is 2.35 bits per heavy atom. The van der Waals surface area contributed by atoms with Gasteiger partial charge in [0.15, 0.2) is 0 Å². The molecule has 2 rings (SSSR count). The van der Waals surface area contributed by atoms with Crippen molar-refractivity contribution in [3.05, 3.63) is 34.7 Å². The minimum Gasteiger partial charge on any atom is -0.339 e. The average Bonchev–Trinajstić information content (AvgIpc) is 2.85. The van der Waals surface area contributed by atoms with E-state index in [1.165, 1.54) is 0 Å². The van der Waals surface area contributed by atoms with Crippen molar-refractivity contribution in [1.29, 1.82) is 5.26 Å². The van der Waals surface area contributed by atoms with Gasteiger partial charge < -0.3 is 4.57 Å². The van der Waals surface area contributed by atoms with Gasteiger partial charge in [0.1, 0.15) is 11.8 Å². The van der Waals surface area contributed by atoms with E-state index in [-0.39, 0.29) is 0 Å². The summed E-state index contributed by atoms with van der Waals surface area (Å²) in [5.74, 6) is 0.348. The highest BCUT2D eigenvalue weighted by atomic mass is 32.2. The average molecular weight is 263 g/mol. The highest BCUT2D eigenvalue weighted by Crippen LogP contribution is 2.25. The van der Waals surface area contributed by atoms with Gasteiger partial charge in [0.2, 0.25) is 0 Å². The van der Waals surface area contributed by atoms with Crippen molar-refractivity contribution in [2.45, 2.75) is 23.5 Å². The number of hydrogen-bond acceptors (Lipinski definition) is 4. The van der Waals surface area contributed by atoms with Crippen LogP contribution in [0.4, 0.5) is 0 Å². The number of rotatable bonds is 3. The maximum absolute atomic E-state index is 8.92. The predicted molar refractivity (Wildman–Crippen MR) is 71.6 cm³/mol. The first-order valence-electron chi connectivity index (χ1n) is 5.31. The maximum Gasteiger partial charge on any atom is 0.120 e. The molecule has 5 heteroatoms. The molecule has 0 bridgehead atoms. The summed E-state index contributed by atoms with van der Waals surface area (Å²) in [6, 6.07) is 6.05. The Kier molecular flexibility index (Phi) is 3.55. The highest BCUT2D eigenvalue weighted by molar-refractivity contribution is 7.82. The number of hydrogen-bond donors (Lipinski definition) is 1. The topological polar surface area (TPSA) is 41.6 Å². The smallest absolute Gasteiger partial charge is 0.120 e. The van der Waals surface area contributed by atoms with Crippen LogP contribution in [0.15, 0.2) is 22.5 Å². The molecule has 0 N–H and O–H groups in total. The zero-order chi connectivity index (χ0) is 12.4. The van der Waals surface area contributed by atoms with Crippen molar-refractivity contribution in [3.8, 4) is 6.07 Å². The number of thiol groups is 1. The molecule has 0 saturated carbocycles. The van der Waals surface area contributed by atoms with Crippen LogP contribution in [0.2, 0.25) is 0 Å². The monoisotopic (exact) mass is 263 g/mol. The zero-order valence-electron chi connectivity index (χ0n) is 9.71. The molecule has 0 aliphatic heterocycles. The zero-order valence-corrected chi connectivity index (χ0v) is 11.4. The van der Waals surface area contributed by atoms with E-state index in [0.717, 1.165) is 21.3 Å². The molecular weight excluding hydrogens is 250 g/mol. The van der Waals surface area contributed by atoms with Gasteiger partial charge in [-0.25, -0.2) is 4.98 Å². The fraction of sp³-hybridized carbons (Fsp3) is 0.333. The van der Waals surface area contributed by atoms with E-state index in [9.17, 15) is 0 Å². The largest absolute Gasteiger partial charge is 0.339 e. The first-order chi connectivity index (χ1) is 8.11. The molecule has 88 valence electrons. The van der Waals surface area contributed by atoms with Crippen LogP contribution in [0.3, 0.4) is 0 Å². The summed E-state index contributed by atoms with van der Waals surface area (Å²) in [6.07, 6.45) is 2.66. The molecule has 2 aromatic heterocycles. The number of nitrogens with zero attached hydrogens (tertiary/aromatic N) is 3. The number of thiazole rings is 1. The molecule has 3 nitrogen and oxygen atoms in total. The molecule has 0 saturated heterocycles. The lowest BCUT2D eigenvalue weighted by Crippen LogP contribution is -2.05. The first kappa shape index (κ1) is 12.2. The minimum absolute atomic E-state index is 0.348. The Morgan fingerprint density at radius 1 is 1.59 bits per heavy atom. The van der Waals surface area contributed by atoms with Gasteiger partial charge in [-0.15, -0.1) is 24.0 Å². The van der Waals surface area contributed by atoms with Gasteiger partial charge in [-0.05, 0) is 12.1 Å². The van der Waals surface area contributed by atoms with Gasteiger partial charge in [-0.1, -0.05) is 6.92 Å². The molecule has 0 aliphatic carbocycles. The molecule has 1 atom stereocenters. The third kappa shape index (κ3) is 2.54. The Bertz CT molecular complexity index is 563.